The number of phenolic OH excluding ortho intramolecular Hbond substituents is 4. The molecule has 0 saturated heterocycles. The van der Waals surface area contributed by atoms with Crippen LogP contribution in [-0.4, -0.2) is 47.2 Å². The first-order valence-electron chi connectivity index (χ1n) is 26.4. The van der Waals surface area contributed by atoms with E-state index in [2.05, 4.69) is 85.8 Å². The van der Waals surface area contributed by atoms with Crippen LogP contribution in [-0.2, 0) is 9.68 Å². The van der Waals surface area contributed by atoms with Gasteiger partial charge < -0.3 is 46.1 Å². The van der Waals surface area contributed by atoms with E-state index in [1.54, 1.807) is 54.6 Å². The molecule has 1 aromatic heterocycles. The van der Waals surface area contributed by atoms with Gasteiger partial charge in [0.2, 0.25) is 0 Å². The molecule has 0 spiro atoms. The monoisotopic (exact) mass is 1520 g/mol. The first kappa shape index (κ1) is 82.8. The molecule has 94 heavy (non-hydrogen) atoms. The smallest absolute Gasteiger partial charge is 1.00 e. The molecule has 0 unspecified atom stereocenters. The average Bonchev–Trinajstić information content (AvgIpc) is 1.64. The Bertz CT molecular complexity index is 4750. The summed E-state index contributed by atoms with van der Waals surface area (Å²) in [5.41, 5.74) is 2.39. The summed E-state index contributed by atoms with van der Waals surface area (Å²) in [5.74, 6) is 0.210. The second kappa shape index (κ2) is 42.3. The molecule has 468 valence electrons. The van der Waals surface area contributed by atoms with E-state index in [1.807, 2.05) is 152 Å². The molecule has 0 aliphatic heterocycles. The molecule has 14 rings (SSSR count). The van der Waals surface area contributed by atoms with E-state index in [4.69, 9.17) is 59.0 Å². The molecule has 2 radical (unpaired) electrons. The number of aromatic hydroxyl groups is 4. The van der Waals surface area contributed by atoms with Gasteiger partial charge in [-0.1, -0.05) is 226 Å². The number of carbonyl (C=O) groups excluding carboxylic acids is 1. The maximum Gasteiger partial charge on any atom is 1.00 e. The van der Waals surface area contributed by atoms with Crippen molar-refractivity contribution >= 4 is 177 Å². The van der Waals surface area contributed by atoms with E-state index < -0.39 is 5.82 Å². The van der Waals surface area contributed by atoms with Crippen LogP contribution in [0.2, 0.25) is 15.1 Å². The number of thiol groups is 1. The topological polar surface area (TPSA) is 185 Å². The molecule has 23 heteroatoms. The average molecular weight is 1520 g/mol. The van der Waals surface area contributed by atoms with Crippen LogP contribution in [0, 0.1) is 11.6 Å². The summed E-state index contributed by atoms with van der Waals surface area (Å²) in [6, 6.07) is 73.7. The van der Waals surface area contributed by atoms with Crippen LogP contribution < -0.4 is 113 Å². The number of halogens is 7. The number of phenols is 4. The van der Waals surface area contributed by atoms with Crippen LogP contribution in [0.5, 0.6) is 28.7 Å². The Balaban J connectivity index is 0.000000382. The van der Waals surface area contributed by atoms with Crippen LogP contribution in [0.3, 0.4) is 0 Å². The number of hydrogen-bond donors (Lipinski definition) is 6. The molecule has 14 aromatic rings. The normalized spacial score (nSPS) is 9.71. The Labute approximate surface area is 667 Å². The minimum atomic E-state index is -0.446. The third-order valence-corrected chi connectivity index (χ3v) is 15.7. The molecule has 1 heterocycles. The molecular formula is C71H56B2Br2Cl3F2K2NO10S. The fourth-order valence-corrected chi connectivity index (χ4v) is 10.3. The number of rotatable bonds is 4. The Morgan fingerprint density at radius 3 is 1.46 bits per heavy atom. The van der Waals surface area contributed by atoms with Gasteiger partial charge in [0.05, 0.1) is 24.0 Å². The molecule has 5 N–H and O–H groups in total. The third-order valence-electron chi connectivity index (χ3n) is 13.1. The molecule has 11 nitrogen and oxygen atoms in total. The van der Waals surface area contributed by atoms with Gasteiger partial charge in [0.1, 0.15) is 45.8 Å². The summed E-state index contributed by atoms with van der Waals surface area (Å²) in [5, 5.41) is 68.9. The van der Waals surface area contributed by atoms with Crippen LogP contribution in [0.4, 0.5) is 8.78 Å². The second-order valence-electron chi connectivity index (χ2n) is 18.5. The van der Waals surface area contributed by atoms with Crippen LogP contribution in [0.25, 0.3) is 86.9 Å². The summed E-state index contributed by atoms with van der Waals surface area (Å²) < 4.78 is 40.8. The standard InChI is InChI=1S/C16H10ClFO.C16H9ClO.C10H8BO3.C10H7BrO.C10H8O.C6H3BrClF.CH2O3.2CH4.BHNS.2K.H/c17-13-6-3-7-14(18)15(13)12-9-8-10-4-1-2-5-11(10)16(12)19;17-13-6-3-7-14-15(13)12-9-8-10-4-1-2-5-11(10)16(12)18-14;12-10-8-4-2-1-3-7(8)5-6-9(10)14-11-13;11-9-6-5-7-3-1-2-4-8(7)10(9)12;11-10-7-3-5-8-4-1-2-6-9(8)10;7-6-4(8)2-1-3-5(6)9;2-1-4-3;;;1-2-3;;;/h1-9,19H;1-9H;1-6,12-13H;1-6,12H;1-7,11H;1-3H;1,3H;2*1H4;3H;;;/q;;;;;;;;;;2*+1;-1/p-1. The van der Waals surface area contributed by atoms with Crippen LogP contribution in [0.1, 0.15) is 16.3 Å². The van der Waals surface area contributed by atoms with Crippen molar-refractivity contribution in [3.63, 3.8) is 0 Å². The van der Waals surface area contributed by atoms with Gasteiger partial charge in [-0.3, -0.25) is 4.79 Å². The van der Waals surface area contributed by atoms with Gasteiger partial charge in [0.25, 0.3) is 6.47 Å². The van der Waals surface area contributed by atoms with Gasteiger partial charge >= 0.3 is 135 Å². The molecule has 0 aliphatic carbocycles. The predicted molar refractivity (Wildman–Crippen MR) is 383 cm³/mol. The number of hydrogen-bond acceptors (Lipinski definition) is 12. The molecule has 0 aliphatic rings. The fraction of sp³-hybridized carbons (Fsp3) is 0.0282. The minimum Gasteiger partial charge on any atom is -1.00 e. The molecule has 0 amide bonds. The number of furan rings is 1. The summed E-state index contributed by atoms with van der Waals surface area (Å²) in [6.45, 7) is -0.181. The minimum absolute atomic E-state index is 0. The van der Waals surface area contributed by atoms with Gasteiger partial charge in [-0.15, -0.1) is 0 Å². The van der Waals surface area contributed by atoms with Gasteiger partial charge in [-0.2, -0.15) is 0 Å². The number of carbonyl (C=O) groups is 1. The molecule has 0 atom stereocenters. The molecule has 0 saturated carbocycles. The molecular weight excluding hydrogens is 1460 g/mol. The van der Waals surface area contributed by atoms with Crippen molar-refractivity contribution in [1.82, 2.24) is 0 Å². The quantitative estimate of drug-likeness (QED) is 0.0247. The van der Waals surface area contributed by atoms with E-state index in [0.29, 0.717) is 45.0 Å². The Hall–Kier alpha value is -5.41. The van der Waals surface area contributed by atoms with Crippen molar-refractivity contribution in [2.24, 2.45) is 4.30 Å². The third kappa shape index (κ3) is 22.1. The maximum absolute atomic E-state index is 13.9. The van der Waals surface area contributed by atoms with E-state index in [9.17, 15) is 29.2 Å². The number of benzene rings is 13. The summed E-state index contributed by atoms with van der Waals surface area (Å²) >= 11 is 27.3. The molecule has 13 aromatic carbocycles. The van der Waals surface area contributed by atoms with E-state index in [-0.39, 0.29) is 159 Å². The van der Waals surface area contributed by atoms with Crippen molar-refractivity contribution in [3.05, 3.63) is 278 Å². The van der Waals surface area contributed by atoms with Crippen molar-refractivity contribution in [2.45, 2.75) is 14.9 Å². The molecule has 0 fully saturated rings. The van der Waals surface area contributed by atoms with Crippen LogP contribution >= 0.6 is 79.5 Å². The van der Waals surface area contributed by atoms with Gasteiger partial charge in [-0.05, 0) is 126 Å². The van der Waals surface area contributed by atoms with E-state index in [0.717, 1.165) is 69.1 Å². The van der Waals surface area contributed by atoms with Gasteiger partial charge in [0, 0.05) is 48.8 Å². The first-order valence-corrected chi connectivity index (χ1v) is 29.5. The van der Waals surface area contributed by atoms with Crippen molar-refractivity contribution in [3.8, 4) is 39.9 Å². The maximum atomic E-state index is 13.9. The summed E-state index contributed by atoms with van der Waals surface area (Å²) in [7, 11) is 4.88. The first-order chi connectivity index (χ1) is 43.6. The zero-order valence-electron chi connectivity index (χ0n) is 49.6. The zero-order chi connectivity index (χ0) is 64.7. The van der Waals surface area contributed by atoms with Crippen LogP contribution in [0.15, 0.2) is 260 Å². The Kier molecular flexibility index (Phi) is 37.3. The zero-order valence-corrected chi connectivity index (χ0v) is 61.2. The van der Waals surface area contributed by atoms with E-state index in [1.165, 1.54) is 17.5 Å². The summed E-state index contributed by atoms with van der Waals surface area (Å²) in [6.07, 6.45) is 0. The van der Waals surface area contributed by atoms with Gasteiger partial charge in [-0.25, -0.2) is 8.78 Å². The second-order valence-corrected chi connectivity index (χ2v) is 21.6. The summed E-state index contributed by atoms with van der Waals surface area (Å²) in [4.78, 5) is 11.2. The number of nitrogens with zero attached hydrogens (tertiary/aromatic N) is 1. The Morgan fingerprint density at radius 1 is 0.521 bits per heavy atom. The van der Waals surface area contributed by atoms with Crippen molar-refractivity contribution in [2.75, 3.05) is 0 Å². The van der Waals surface area contributed by atoms with Crippen molar-refractivity contribution in [1.29, 1.82) is 0 Å². The largest absolute Gasteiger partial charge is 1.00 e. The fourth-order valence-electron chi connectivity index (χ4n) is 9.02. The van der Waals surface area contributed by atoms with Crippen molar-refractivity contribution < 1.29 is 162 Å². The molecule has 0 bridgehead atoms. The predicted octanol–water partition coefficient (Wildman–Crippen LogP) is 15.0. The Morgan fingerprint density at radius 2 is 0.936 bits per heavy atom. The van der Waals surface area contributed by atoms with E-state index >= 15 is 0 Å². The SMILES string of the molecule is C.C.Clc1cccc2oc3c4ccccc4ccc3c12.Fc1cccc(Cl)c1Br.O=CO[O-].O[B]Oc1ccc2ccccc2c1O.Oc1c(-c2c(F)cccc2Cl)ccc2ccccc12.Oc1c(Br)ccc2ccccc12.Oc1cccc2ccccc12.[B]=NS.[H-].[K+].[K+]. The number of fused-ring (bicyclic) bond motifs is 9. The van der Waals surface area contributed by atoms with Gasteiger partial charge in [0.15, 0.2) is 5.75 Å².